The lowest BCUT2D eigenvalue weighted by Crippen LogP contribution is -2.26. The SMILES string of the molecule is Cn1ncc(N)c1C(=O)NCc1ccc(CO)cc1. The van der Waals surface area contributed by atoms with E-state index < -0.39 is 0 Å². The highest BCUT2D eigenvalue weighted by atomic mass is 16.3. The molecule has 0 saturated carbocycles. The van der Waals surface area contributed by atoms with Crippen LogP contribution in [0.1, 0.15) is 21.6 Å². The Balaban J connectivity index is 2.00. The highest BCUT2D eigenvalue weighted by Crippen LogP contribution is 2.09. The molecule has 0 saturated heterocycles. The smallest absolute Gasteiger partial charge is 0.271 e. The van der Waals surface area contributed by atoms with Crippen LogP contribution in [0.5, 0.6) is 0 Å². The molecule has 2 aromatic rings. The highest BCUT2D eigenvalue weighted by Gasteiger charge is 2.14. The van der Waals surface area contributed by atoms with Crippen LogP contribution in [0.25, 0.3) is 0 Å². The molecule has 1 aromatic heterocycles. The Labute approximate surface area is 110 Å². The number of aromatic nitrogens is 2. The maximum Gasteiger partial charge on any atom is 0.271 e. The van der Waals surface area contributed by atoms with Crippen LogP contribution in [-0.4, -0.2) is 20.8 Å². The molecule has 6 heteroatoms. The first-order valence-corrected chi connectivity index (χ1v) is 5.86. The zero-order valence-corrected chi connectivity index (χ0v) is 10.6. The van der Waals surface area contributed by atoms with E-state index in [4.69, 9.17) is 10.8 Å². The molecule has 0 aliphatic rings. The van der Waals surface area contributed by atoms with Crippen LogP contribution in [0.2, 0.25) is 0 Å². The van der Waals surface area contributed by atoms with Crippen molar-refractivity contribution >= 4 is 11.6 Å². The lowest BCUT2D eigenvalue weighted by Gasteiger charge is -2.07. The summed E-state index contributed by atoms with van der Waals surface area (Å²) in [5.74, 6) is -0.260. The summed E-state index contributed by atoms with van der Waals surface area (Å²) in [6.45, 7) is 0.410. The number of rotatable bonds is 4. The summed E-state index contributed by atoms with van der Waals surface area (Å²) in [5.41, 5.74) is 8.18. The third kappa shape index (κ3) is 2.92. The zero-order valence-electron chi connectivity index (χ0n) is 10.6. The minimum atomic E-state index is -0.260. The number of nitrogens with zero attached hydrogens (tertiary/aromatic N) is 2. The molecule has 0 aliphatic carbocycles. The van der Waals surface area contributed by atoms with Gasteiger partial charge in [-0.25, -0.2) is 0 Å². The molecule has 100 valence electrons. The Bertz CT molecular complexity index is 555. The summed E-state index contributed by atoms with van der Waals surface area (Å²) in [7, 11) is 1.67. The molecule has 0 radical (unpaired) electrons. The summed E-state index contributed by atoms with van der Waals surface area (Å²) in [6.07, 6.45) is 1.45. The molecule has 1 amide bonds. The lowest BCUT2D eigenvalue weighted by molar-refractivity contribution is 0.0942. The van der Waals surface area contributed by atoms with Gasteiger partial charge in [0, 0.05) is 13.6 Å². The van der Waals surface area contributed by atoms with E-state index in [1.54, 1.807) is 7.05 Å². The highest BCUT2D eigenvalue weighted by molar-refractivity contribution is 5.97. The van der Waals surface area contributed by atoms with Gasteiger partial charge in [0.15, 0.2) is 0 Å². The number of nitrogens with two attached hydrogens (primary N) is 1. The quantitative estimate of drug-likeness (QED) is 0.743. The molecule has 19 heavy (non-hydrogen) atoms. The number of aliphatic hydroxyl groups excluding tert-OH is 1. The molecule has 0 bridgehead atoms. The van der Waals surface area contributed by atoms with Crippen LogP contribution in [0.15, 0.2) is 30.5 Å². The van der Waals surface area contributed by atoms with Crippen LogP contribution in [0.4, 0.5) is 5.69 Å². The third-order valence-corrected chi connectivity index (χ3v) is 2.84. The van der Waals surface area contributed by atoms with Crippen LogP contribution in [0.3, 0.4) is 0 Å². The molecule has 6 nitrogen and oxygen atoms in total. The predicted octanol–water partition coefficient (Wildman–Crippen LogP) is 0.425. The minimum Gasteiger partial charge on any atom is -0.396 e. The van der Waals surface area contributed by atoms with Gasteiger partial charge in [0.1, 0.15) is 5.69 Å². The fraction of sp³-hybridized carbons (Fsp3) is 0.231. The average molecular weight is 260 g/mol. The molecule has 0 aliphatic heterocycles. The molecule has 0 unspecified atom stereocenters. The number of anilines is 1. The number of amides is 1. The summed E-state index contributed by atoms with van der Waals surface area (Å²) in [5, 5.41) is 15.6. The van der Waals surface area contributed by atoms with Gasteiger partial charge in [-0.3, -0.25) is 9.48 Å². The average Bonchev–Trinajstić information content (AvgIpc) is 2.76. The second kappa shape index (κ2) is 5.53. The van der Waals surface area contributed by atoms with Crippen LogP contribution >= 0.6 is 0 Å². The number of aryl methyl sites for hydroxylation is 1. The maximum absolute atomic E-state index is 12.0. The topological polar surface area (TPSA) is 93.2 Å². The largest absolute Gasteiger partial charge is 0.396 e. The van der Waals surface area contributed by atoms with Crippen molar-refractivity contribution < 1.29 is 9.90 Å². The number of benzene rings is 1. The lowest BCUT2D eigenvalue weighted by atomic mass is 10.1. The first-order valence-electron chi connectivity index (χ1n) is 5.86. The van der Waals surface area contributed by atoms with Gasteiger partial charge in [0.25, 0.3) is 5.91 Å². The van der Waals surface area contributed by atoms with Gasteiger partial charge >= 0.3 is 0 Å². The maximum atomic E-state index is 12.0. The van der Waals surface area contributed by atoms with Gasteiger partial charge in [-0.15, -0.1) is 0 Å². The normalized spacial score (nSPS) is 10.4. The molecule has 1 aromatic carbocycles. The van der Waals surface area contributed by atoms with Crippen LogP contribution < -0.4 is 11.1 Å². The van der Waals surface area contributed by atoms with Crippen LogP contribution in [-0.2, 0) is 20.2 Å². The van der Waals surface area contributed by atoms with E-state index in [1.807, 2.05) is 24.3 Å². The van der Waals surface area contributed by atoms with Gasteiger partial charge in [0.05, 0.1) is 18.5 Å². The Morgan fingerprint density at radius 3 is 2.53 bits per heavy atom. The molecule has 4 N–H and O–H groups in total. The minimum absolute atomic E-state index is 0.0121. The Hall–Kier alpha value is -2.34. The molecule has 0 atom stereocenters. The summed E-state index contributed by atoms with van der Waals surface area (Å²) in [6, 6.07) is 7.36. The van der Waals surface area contributed by atoms with E-state index >= 15 is 0 Å². The number of nitrogen functional groups attached to an aromatic ring is 1. The number of nitrogens with one attached hydrogen (secondary N) is 1. The Morgan fingerprint density at radius 2 is 2.00 bits per heavy atom. The van der Waals surface area contributed by atoms with Crippen molar-refractivity contribution in [2.24, 2.45) is 7.05 Å². The van der Waals surface area contributed by atoms with Crippen molar-refractivity contribution in [2.75, 3.05) is 5.73 Å². The number of carbonyl (C=O) groups is 1. The third-order valence-electron chi connectivity index (χ3n) is 2.84. The number of carbonyl (C=O) groups excluding carboxylic acids is 1. The van der Waals surface area contributed by atoms with E-state index in [0.29, 0.717) is 17.9 Å². The van der Waals surface area contributed by atoms with E-state index in [-0.39, 0.29) is 12.5 Å². The van der Waals surface area contributed by atoms with Gasteiger partial charge in [-0.1, -0.05) is 24.3 Å². The summed E-state index contributed by atoms with van der Waals surface area (Å²) >= 11 is 0. The summed E-state index contributed by atoms with van der Waals surface area (Å²) in [4.78, 5) is 12.0. The van der Waals surface area contributed by atoms with Crippen molar-refractivity contribution in [3.63, 3.8) is 0 Å². The van der Waals surface area contributed by atoms with E-state index in [9.17, 15) is 4.79 Å². The van der Waals surface area contributed by atoms with Crippen molar-refractivity contribution in [2.45, 2.75) is 13.2 Å². The summed E-state index contributed by atoms with van der Waals surface area (Å²) < 4.78 is 1.44. The number of hydrogen-bond donors (Lipinski definition) is 3. The standard InChI is InChI=1S/C13H16N4O2/c1-17-12(11(14)7-16-17)13(19)15-6-9-2-4-10(8-18)5-3-9/h2-5,7,18H,6,8,14H2,1H3,(H,15,19). The Kier molecular flexibility index (Phi) is 3.82. The molecule has 0 fully saturated rings. The van der Waals surface area contributed by atoms with Crippen LogP contribution in [0, 0.1) is 0 Å². The second-order valence-electron chi connectivity index (χ2n) is 4.23. The molecule has 2 rings (SSSR count). The number of hydrogen-bond acceptors (Lipinski definition) is 4. The number of aliphatic hydroxyl groups is 1. The Morgan fingerprint density at radius 1 is 1.37 bits per heavy atom. The van der Waals surface area contributed by atoms with Crippen molar-refractivity contribution in [1.82, 2.24) is 15.1 Å². The van der Waals surface area contributed by atoms with Gasteiger partial charge in [-0.2, -0.15) is 5.10 Å². The first-order chi connectivity index (χ1) is 9.11. The van der Waals surface area contributed by atoms with E-state index in [1.165, 1.54) is 10.9 Å². The van der Waals surface area contributed by atoms with Gasteiger partial charge in [0.2, 0.25) is 0 Å². The predicted molar refractivity (Wildman–Crippen MR) is 71.2 cm³/mol. The first kappa shape index (κ1) is 13.1. The fourth-order valence-corrected chi connectivity index (χ4v) is 1.76. The van der Waals surface area contributed by atoms with Gasteiger partial charge < -0.3 is 16.2 Å². The zero-order chi connectivity index (χ0) is 13.8. The van der Waals surface area contributed by atoms with Crippen molar-refractivity contribution in [3.05, 3.63) is 47.3 Å². The fourth-order valence-electron chi connectivity index (χ4n) is 1.76. The molecule has 1 heterocycles. The second-order valence-corrected chi connectivity index (χ2v) is 4.23. The molecular formula is C13H16N4O2. The van der Waals surface area contributed by atoms with E-state index in [2.05, 4.69) is 10.4 Å². The molecular weight excluding hydrogens is 244 g/mol. The van der Waals surface area contributed by atoms with Crippen molar-refractivity contribution in [3.8, 4) is 0 Å². The van der Waals surface area contributed by atoms with E-state index in [0.717, 1.165) is 11.1 Å². The monoisotopic (exact) mass is 260 g/mol. The van der Waals surface area contributed by atoms with Gasteiger partial charge in [-0.05, 0) is 11.1 Å². The molecule has 0 spiro atoms. The van der Waals surface area contributed by atoms with Crippen molar-refractivity contribution in [1.29, 1.82) is 0 Å².